The molecule has 0 amide bonds. The van der Waals surface area contributed by atoms with Gasteiger partial charge < -0.3 is 24.3 Å². The van der Waals surface area contributed by atoms with Crippen molar-refractivity contribution >= 4 is 27.6 Å². The number of morpholine rings is 1. The minimum Gasteiger partial charge on any atom is -0.437 e. The summed E-state index contributed by atoms with van der Waals surface area (Å²) in [7, 11) is 4.13. The third-order valence-electron chi connectivity index (χ3n) is 6.75. The van der Waals surface area contributed by atoms with Crippen molar-refractivity contribution in [3.8, 4) is 29.2 Å². The van der Waals surface area contributed by atoms with E-state index in [1.807, 2.05) is 24.3 Å². The fourth-order valence-electron chi connectivity index (χ4n) is 4.94. The van der Waals surface area contributed by atoms with Crippen LogP contribution in [0.4, 0.5) is 5.69 Å². The van der Waals surface area contributed by atoms with Crippen LogP contribution in [0.15, 0.2) is 54.7 Å². The van der Waals surface area contributed by atoms with Crippen LogP contribution in [0, 0.1) is 11.3 Å². The fourth-order valence-corrected chi connectivity index (χ4v) is 4.94. The monoisotopic (exact) mass is 508 g/mol. The van der Waals surface area contributed by atoms with E-state index in [1.165, 1.54) is 0 Å². The second-order valence-electron chi connectivity index (χ2n) is 9.83. The Hall–Kier alpha value is -4.46. The van der Waals surface area contributed by atoms with E-state index < -0.39 is 0 Å². The van der Waals surface area contributed by atoms with Crippen LogP contribution in [0.5, 0.6) is 11.6 Å². The van der Waals surface area contributed by atoms with Crippen molar-refractivity contribution in [2.24, 2.45) is 0 Å². The average Bonchev–Trinajstić information content (AvgIpc) is 3.54. The van der Waals surface area contributed by atoms with E-state index in [0.717, 1.165) is 40.7 Å². The highest BCUT2D eigenvalue weighted by atomic mass is 16.5. The molecule has 2 N–H and O–H groups in total. The first-order valence-corrected chi connectivity index (χ1v) is 12.5. The highest BCUT2D eigenvalue weighted by Gasteiger charge is 2.27. The summed E-state index contributed by atoms with van der Waals surface area (Å²) in [5, 5.41) is 17.8. The van der Waals surface area contributed by atoms with E-state index in [2.05, 4.69) is 69.2 Å². The third-order valence-corrected chi connectivity index (χ3v) is 6.75. The van der Waals surface area contributed by atoms with Crippen LogP contribution in [0.25, 0.3) is 33.5 Å². The third kappa shape index (κ3) is 4.42. The summed E-state index contributed by atoms with van der Waals surface area (Å²) < 4.78 is 12.2. The molecule has 6 rings (SSSR count). The predicted octanol–water partition coefficient (Wildman–Crippen LogP) is 4.32. The number of ether oxygens (including phenoxy) is 2. The maximum atomic E-state index is 9.45. The molecule has 2 aromatic carbocycles. The highest BCUT2D eigenvalue weighted by Crippen LogP contribution is 2.36. The van der Waals surface area contributed by atoms with Crippen molar-refractivity contribution in [2.75, 3.05) is 38.7 Å². The number of likely N-dealkylation sites (N-methyl/N-ethyl adjacent to an activating group) is 1. The van der Waals surface area contributed by atoms with Gasteiger partial charge in [-0.25, -0.2) is 9.97 Å². The van der Waals surface area contributed by atoms with Gasteiger partial charge in [0.1, 0.15) is 23.1 Å². The van der Waals surface area contributed by atoms with Crippen molar-refractivity contribution in [3.63, 3.8) is 0 Å². The maximum absolute atomic E-state index is 9.45. The number of imidazole rings is 1. The van der Waals surface area contributed by atoms with Gasteiger partial charge in [-0.15, -0.1) is 0 Å². The van der Waals surface area contributed by atoms with E-state index in [-0.39, 0.29) is 18.0 Å². The Morgan fingerprint density at radius 2 is 2.08 bits per heavy atom. The summed E-state index contributed by atoms with van der Waals surface area (Å²) >= 11 is 0. The summed E-state index contributed by atoms with van der Waals surface area (Å²) in [5.41, 5.74) is 4.68. The molecule has 0 spiro atoms. The van der Waals surface area contributed by atoms with E-state index in [0.29, 0.717) is 29.4 Å². The molecule has 0 aliphatic carbocycles. The molecule has 0 bridgehead atoms. The van der Waals surface area contributed by atoms with Crippen LogP contribution in [-0.2, 0) is 4.74 Å². The van der Waals surface area contributed by atoms with Gasteiger partial charge in [0.25, 0.3) is 0 Å². The molecule has 192 valence electrons. The zero-order valence-electron chi connectivity index (χ0n) is 21.5. The smallest absolute Gasteiger partial charge is 0.237 e. The molecule has 1 aliphatic heterocycles. The van der Waals surface area contributed by atoms with Crippen LogP contribution < -0.4 is 9.64 Å². The molecule has 10 heteroatoms. The molecule has 5 aromatic rings. The van der Waals surface area contributed by atoms with Crippen molar-refractivity contribution < 1.29 is 9.47 Å². The van der Waals surface area contributed by atoms with Gasteiger partial charge in [0.15, 0.2) is 5.82 Å². The van der Waals surface area contributed by atoms with Gasteiger partial charge in [0.05, 0.1) is 34.6 Å². The minimum atomic E-state index is 0.156. The Morgan fingerprint density at radius 3 is 2.92 bits per heavy atom. The predicted molar refractivity (Wildman–Crippen MR) is 145 cm³/mol. The second-order valence-corrected chi connectivity index (χ2v) is 9.83. The topological polar surface area (TPSA) is 119 Å². The Bertz CT molecular complexity index is 1650. The zero-order chi connectivity index (χ0) is 26.2. The summed E-state index contributed by atoms with van der Waals surface area (Å²) in [6.07, 6.45) is 1.75. The number of nitrogens with zero attached hydrogens (tertiary/aromatic N) is 6. The summed E-state index contributed by atoms with van der Waals surface area (Å²) in [5.74, 6) is 1.41. The number of hydrogen-bond donors (Lipinski definition) is 2. The number of hydrogen-bond acceptors (Lipinski definition) is 8. The molecule has 0 radical (unpaired) electrons. The van der Waals surface area contributed by atoms with Crippen LogP contribution >= 0.6 is 0 Å². The Kier molecular flexibility index (Phi) is 6.15. The molecule has 1 aliphatic rings. The molecular formula is C28H28N8O2. The van der Waals surface area contributed by atoms with Gasteiger partial charge >= 0.3 is 0 Å². The van der Waals surface area contributed by atoms with Gasteiger partial charge in [0.2, 0.25) is 5.88 Å². The summed E-state index contributed by atoms with van der Waals surface area (Å²) in [6.45, 7) is 4.58. The molecule has 10 nitrogen and oxygen atoms in total. The molecule has 1 fully saturated rings. The molecule has 2 unspecified atom stereocenters. The normalized spacial score (nSPS) is 17.8. The number of benzene rings is 2. The zero-order valence-corrected chi connectivity index (χ0v) is 21.5. The lowest BCUT2D eigenvalue weighted by atomic mass is 10.1. The summed E-state index contributed by atoms with van der Waals surface area (Å²) in [4.78, 5) is 17.1. The molecule has 1 saturated heterocycles. The van der Waals surface area contributed by atoms with Gasteiger partial charge in [-0.05, 0) is 63.5 Å². The second kappa shape index (κ2) is 9.78. The van der Waals surface area contributed by atoms with E-state index in [1.54, 1.807) is 18.3 Å². The number of anilines is 1. The number of nitrogens with one attached hydrogen (secondary N) is 2. The molecule has 0 saturated carbocycles. The van der Waals surface area contributed by atoms with E-state index in [9.17, 15) is 5.26 Å². The number of nitriles is 1. The molecule has 3 aromatic heterocycles. The van der Waals surface area contributed by atoms with Crippen molar-refractivity contribution in [3.05, 3.63) is 60.3 Å². The van der Waals surface area contributed by atoms with E-state index >= 15 is 0 Å². The minimum absolute atomic E-state index is 0.156. The number of pyridine rings is 1. The first-order chi connectivity index (χ1) is 18.5. The van der Waals surface area contributed by atoms with Crippen molar-refractivity contribution in [2.45, 2.75) is 19.1 Å². The first kappa shape index (κ1) is 23.9. The molecular weight excluding hydrogens is 480 g/mol. The molecule has 4 heterocycles. The first-order valence-electron chi connectivity index (χ1n) is 12.5. The van der Waals surface area contributed by atoms with Gasteiger partial charge in [-0.2, -0.15) is 10.4 Å². The lowest BCUT2D eigenvalue weighted by Gasteiger charge is -2.40. The Morgan fingerprint density at radius 1 is 1.18 bits per heavy atom. The largest absolute Gasteiger partial charge is 0.437 e. The SMILES string of the molecule is CC1COC(CN(C)C)CN1c1ccc2nc(-c3n[nH]c4cccc(Oc5ncccc5C#N)c34)[nH]c2c1. The fraction of sp³-hybridized carbons (Fsp3) is 0.286. The lowest BCUT2D eigenvalue weighted by Crippen LogP contribution is -2.51. The van der Waals surface area contributed by atoms with E-state index in [4.69, 9.17) is 14.5 Å². The number of aromatic amines is 2. The van der Waals surface area contributed by atoms with Crippen LogP contribution in [-0.4, -0.2) is 76.0 Å². The molecule has 38 heavy (non-hydrogen) atoms. The van der Waals surface area contributed by atoms with Crippen molar-refractivity contribution in [1.82, 2.24) is 30.0 Å². The number of rotatable bonds is 6. The van der Waals surface area contributed by atoms with Gasteiger partial charge in [-0.3, -0.25) is 5.10 Å². The standard InChI is InChI=1S/C28H28N8O2/c1-17-16-37-20(14-35(2)3)15-36(17)19-9-10-21-23(12-19)32-27(31-21)26-25-22(33-34-26)7-4-8-24(25)38-28-18(13-29)6-5-11-30-28/h4-12,17,20H,14-16H2,1-3H3,(H,31,32)(H,33,34). The highest BCUT2D eigenvalue weighted by molar-refractivity contribution is 5.97. The van der Waals surface area contributed by atoms with Gasteiger partial charge in [-0.1, -0.05) is 6.07 Å². The molecule has 2 atom stereocenters. The average molecular weight is 509 g/mol. The Balaban J connectivity index is 1.35. The number of H-pyrrole nitrogens is 2. The van der Waals surface area contributed by atoms with Crippen LogP contribution in [0.1, 0.15) is 12.5 Å². The number of fused-ring (bicyclic) bond motifs is 2. The maximum Gasteiger partial charge on any atom is 0.237 e. The number of aromatic nitrogens is 5. The Labute approximate surface area is 219 Å². The van der Waals surface area contributed by atoms with Crippen LogP contribution in [0.2, 0.25) is 0 Å². The summed E-state index contributed by atoms with van der Waals surface area (Å²) in [6, 6.07) is 17.7. The van der Waals surface area contributed by atoms with Crippen molar-refractivity contribution in [1.29, 1.82) is 5.26 Å². The van der Waals surface area contributed by atoms with Gasteiger partial charge in [0, 0.05) is 31.0 Å². The van der Waals surface area contributed by atoms with Crippen LogP contribution in [0.3, 0.4) is 0 Å². The lowest BCUT2D eigenvalue weighted by molar-refractivity contribution is 0.00880. The quantitative estimate of drug-likeness (QED) is 0.348.